The van der Waals surface area contributed by atoms with Gasteiger partial charge < -0.3 is 5.32 Å². The number of benzene rings is 1. The molecule has 1 amide bonds. The van der Waals surface area contributed by atoms with Gasteiger partial charge in [0.25, 0.3) is 5.91 Å². The van der Waals surface area contributed by atoms with Crippen molar-refractivity contribution in [1.29, 1.82) is 0 Å². The van der Waals surface area contributed by atoms with E-state index in [-0.39, 0.29) is 5.91 Å². The predicted molar refractivity (Wildman–Crippen MR) is 98.1 cm³/mol. The Morgan fingerprint density at radius 3 is 2.76 bits per heavy atom. The lowest BCUT2D eigenvalue weighted by Crippen LogP contribution is -2.27. The Balaban J connectivity index is 1.25. The van der Waals surface area contributed by atoms with Crippen molar-refractivity contribution < 1.29 is 4.79 Å². The summed E-state index contributed by atoms with van der Waals surface area (Å²) >= 11 is 1.44. The molecule has 0 bridgehead atoms. The first-order valence-electron chi connectivity index (χ1n) is 8.99. The van der Waals surface area contributed by atoms with E-state index in [0.29, 0.717) is 23.4 Å². The van der Waals surface area contributed by atoms with Gasteiger partial charge in [-0.15, -0.1) is 11.3 Å². The molecular weight excluding hydrogens is 332 g/mol. The summed E-state index contributed by atoms with van der Waals surface area (Å²) in [6.07, 6.45) is 5.09. The molecule has 0 radical (unpaired) electrons. The van der Waals surface area contributed by atoms with E-state index >= 15 is 0 Å². The molecule has 2 aromatic heterocycles. The largest absolute Gasteiger partial charge is 0.348 e. The molecular formula is C19H20N4OS. The van der Waals surface area contributed by atoms with E-state index in [0.717, 1.165) is 16.8 Å². The molecule has 1 N–H and O–H groups in total. The van der Waals surface area contributed by atoms with Crippen LogP contribution in [0.4, 0.5) is 0 Å². The van der Waals surface area contributed by atoms with Gasteiger partial charge in [0.1, 0.15) is 0 Å². The number of carbonyl (C=O) groups excluding carboxylic acids is 1. The Labute approximate surface area is 150 Å². The lowest BCUT2D eigenvalue weighted by molar-refractivity contribution is 0.0951. The molecule has 5 rings (SSSR count). The number of rotatable bonds is 6. The van der Waals surface area contributed by atoms with Crippen LogP contribution in [0.1, 0.15) is 58.7 Å². The Morgan fingerprint density at radius 2 is 2.00 bits per heavy atom. The van der Waals surface area contributed by atoms with Gasteiger partial charge >= 0.3 is 0 Å². The first kappa shape index (κ1) is 15.1. The molecule has 3 aromatic rings. The molecule has 2 heterocycles. The van der Waals surface area contributed by atoms with Crippen LogP contribution in [0.3, 0.4) is 0 Å². The van der Waals surface area contributed by atoms with Crippen LogP contribution >= 0.6 is 11.3 Å². The van der Waals surface area contributed by atoms with Gasteiger partial charge in [0.2, 0.25) is 0 Å². The normalized spacial score (nSPS) is 17.1. The van der Waals surface area contributed by atoms with Gasteiger partial charge in [0, 0.05) is 24.1 Å². The zero-order valence-electron chi connectivity index (χ0n) is 13.9. The zero-order chi connectivity index (χ0) is 16.8. The van der Waals surface area contributed by atoms with Gasteiger partial charge in [-0.25, -0.2) is 4.98 Å². The number of fused-ring (bicyclic) bond motifs is 1. The summed E-state index contributed by atoms with van der Waals surface area (Å²) in [5.74, 6) is 1.26. The van der Waals surface area contributed by atoms with E-state index in [1.54, 1.807) is 0 Å². The lowest BCUT2D eigenvalue weighted by atomic mass is 10.2. The summed E-state index contributed by atoms with van der Waals surface area (Å²) in [5, 5.41) is 8.32. The topological polar surface area (TPSA) is 59.8 Å². The van der Waals surface area contributed by atoms with Crippen molar-refractivity contribution in [3.8, 4) is 0 Å². The van der Waals surface area contributed by atoms with Crippen LogP contribution in [-0.4, -0.2) is 27.2 Å². The number of aromatic nitrogens is 3. The molecule has 2 aliphatic carbocycles. The van der Waals surface area contributed by atoms with Gasteiger partial charge in [-0.2, -0.15) is 5.10 Å². The van der Waals surface area contributed by atoms with Gasteiger partial charge in [-0.1, -0.05) is 12.1 Å². The molecule has 1 aromatic carbocycles. The van der Waals surface area contributed by atoms with Crippen molar-refractivity contribution in [2.24, 2.45) is 0 Å². The molecule has 2 fully saturated rings. The Kier molecular flexibility index (Phi) is 3.59. The SMILES string of the molecule is O=C(NCCn1nc(C2CC2)cc1C1CC1)c1nc2ccccc2s1. The van der Waals surface area contributed by atoms with Crippen LogP contribution in [0.5, 0.6) is 0 Å². The summed E-state index contributed by atoms with van der Waals surface area (Å²) < 4.78 is 3.16. The second-order valence-electron chi connectivity index (χ2n) is 7.01. The first-order chi connectivity index (χ1) is 12.3. The smallest absolute Gasteiger partial charge is 0.280 e. The van der Waals surface area contributed by atoms with Crippen LogP contribution in [0.25, 0.3) is 10.2 Å². The molecule has 2 saturated carbocycles. The van der Waals surface area contributed by atoms with Crippen LogP contribution in [-0.2, 0) is 6.54 Å². The third-order valence-corrected chi connectivity index (χ3v) is 5.95. The van der Waals surface area contributed by atoms with E-state index in [1.165, 1.54) is 48.4 Å². The maximum atomic E-state index is 12.4. The highest BCUT2D eigenvalue weighted by Crippen LogP contribution is 2.44. The predicted octanol–water partition coefficient (Wildman–Crippen LogP) is 3.68. The third kappa shape index (κ3) is 3.06. The number of amides is 1. The van der Waals surface area contributed by atoms with Gasteiger partial charge in [0.05, 0.1) is 22.5 Å². The Morgan fingerprint density at radius 1 is 1.20 bits per heavy atom. The van der Waals surface area contributed by atoms with Gasteiger partial charge in [-0.05, 0) is 43.9 Å². The molecule has 0 spiro atoms. The molecule has 0 aliphatic heterocycles. The highest BCUT2D eigenvalue weighted by Gasteiger charge is 2.32. The number of hydrogen-bond donors (Lipinski definition) is 1. The molecule has 128 valence electrons. The fourth-order valence-corrected chi connectivity index (χ4v) is 4.12. The molecule has 6 heteroatoms. The van der Waals surface area contributed by atoms with E-state index in [9.17, 15) is 4.79 Å². The summed E-state index contributed by atoms with van der Waals surface area (Å²) in [4.78, 5) is 16.8. The molecule has 0 saturated heterocycles. The summed E-state index contributed by atoms with van der Waals surface area (Å²) in [7, 11) is 0. The van der Waals surface area contributed by atoms with Crippen molar-refractivity contribution >= 4 is 27.5 Å². The maximum absolute atomic E-state index is 12.4. The van der Waals surface area contributed by atoms with Crippen molar-refractivity contribution in [2.75, 3.05) is 6.54 Å². The van der Waals surface area contributed by atoms with Crippen molar-refractivity contribution in [3.05, 3.63) is 46.7 Å². The van der Waals surface area contributed by atoms with Crippen LogP contribution in [0, 0.1) is 0 Å². The van der Waals surface area contributed by atoms with E-state index in [1.807, 2.05) is 24.3 Å². The molecule has 0 unspecified atom stereocenters. The number of carbonyl (C=O) groups is 1. The van der Waals surface area contributed by atoms with Crippen LogP contribution in [0.2, 0.25) is 0 Å². The number of para-hydroxylation sites is 1. The van der Waals surface area contributed by atoms with E-state index < -0.39 is 0 Å². The monoisotopic (exact) mass is 352 g/mol. The number of nitrogens with one attached hydrogen (secondary N) is 1. The fraction of sp³-hybridized carbons (Fsp3) is 0.421. The fourth-order valence-electron chi connectivity index (χ4n) is 3.24. The lowest BCUT2D eigenvalue weighted by Gasteiger charge is -2.07. The summed E-state index contributed by atoms with van der Waals surface area (Å²) in [5.41, 5.74) is 3.49. The Bertz CT molecular complexity index is 903. The minimum absolute atomic E-state index is 0.0938. The van der Waals surface area contributed by atoms with Gasteiger partial charge in [0.15, 0.2) is 5.01 Å². The Hall–Kier alpha value is -2.21. The minimum atomic E-state index is -0.0938. The van der Waals surface area contributed by atoms with E-state index in [2.05, 4.69) is 21.0 Å². The standard InChI is InChI=1S/C19H20N4OS/c24-18(19-21-14-3-1-2-4-17(14)25-19)20-9-10-23-16(13-7-8-13)11-15(22-23)12-5-6-12/h1-4,11-13H,5-10H2,(H,20,24). The number of nitrogens with zero attached hydrogens (tertiary/aromatic N) is 3. The van der Waals surface area contributed by atoms with Crippen molar-refractivity contribution in [2.45, 2.75) is 44.1 Å². The minimum Gasteiger partial charge on any atom is -0.348 e. The van der Waals surface area contributed by atoms with Crippen LogP contribution in [0.15, 0.2) is 30.3 Å². The first-order valence-corrected chi connectivity index (χ1v) is 9.81. The summed E-state index contributed by atoms with van der Waals surface area (Å²) in [6, 6.07) is 10.1. The van der Waals surface area contributed by atoms with Crippen molar-refractivity contribution in [3.63, 3.8) is 0 Å². The third-order valence-electron chi connectivity index (χ3n) is 4.92. The second kappa shape index (κ2) is 5.95. The zero-order valence-corrected chi connectivity index (χ0v) is 14.8. The van der Waals surface area contributed by atoms with Crippen LogP contribution < -0.4 is 5.32 Å². The molecule has 5 nitrogen and oxygen atoms in total. The average Bonchev–Trinajstić information content (AvgIpc) is 3.56. The average molecular weight is 352 g/mol. The second-order valence-corrected chi connectivity index (χ2v) is 8.04. The molecule has 25 heavy (non-hydrogen) atoms. The van der Waals surface area contributed by atoms with Crippen molar-refractivity contribution in [1.82, 2.24) is 20.1 Å². The quantitative estimate of drug-likeness (QED) is 0.736. The molecule has 0 atom stereocenters. The molecule has 2 aliphatic rings. The number of hydrogen-bond acceptors (Lipinski definition) is 4. The number of thiazole rings is 1. The highest BCUT2D eigenvalue weighted by molar-refractivity contribution is 7.20. The highest BCUT2D eigenvalue weighted by atomic mass is 32.1. The van der Waals surface area contributed by atoms with Gasteiger partial charge in [-0.3, -0.25) is 9.48 Å². The van der Waals surface area contributed by atoms with E-state index in [4.69, 9.17) is 5.10 Å². The summed E-state index contributed by atoms with van der Waals surface area (Å²) in [6.45, 7) is 1.31. The maximum Gasteiger partial charge on any atom is 0.280 e.